The quantitative estimate of drug-likeness (QED) is 0.166. The Kier molecular flexibility index (Phi) is 9.48. The maximum absolute atomic E-state index is 13.0. The highest BCUT2D eigenvalue weighted by Crippen LogP contribution is 2.53. The minimum absolute atomic E-state index is 0.00693. The number of nitrogens with one attached hydrogen (secondary N) is 2. The van der Waals surface area contributed by atoms with Crippen molar-refractivity contribution in [1.29, 1.82) is 0 Å². The molecule has 2 aliphatic heterocycles. The van der Waals surface area contributed by atoms with E-state index < -0.39 is 6.29 Å². The molecule has 2 unspecified atom stereocenters. The number of nitrogens with zero attached hydrogens (tertiary/aromatic N) is 1. The van der Waals surface area contributed by atoms with E-state index in [1.807, 2.05) is 91.0 Å². The number of para-hydroxylation sites is 1. The molecule has 0 radical (unpaired) electrons. The molecule has 0 spiro atoms. The van der Waals surface area contributed by atoms with Crippen LogP contribution in [0.2, 0.25) is 0 Å². The molecule has 3 fully saturated rings. The third-order valence-corrected chi connectivity index (χ3v) is 10.1. The molecule has 5 atom stereocenters. The molecular weight excluding hydrogens is 614 g/mol. The molecule has 7 rings (SSSR count). The molecule has 1 saturated carbocycles. The number of ether oxygens (including phenoxy) is 3. The summed E-state index contributed by atoms with van der Waals surface area (Å²) in [7, 11) is 0. The fraction of sp³-hybridized carbons (Fsp3) is 0.390. The summed E-state index contributed by atoms with van der Waals surface area (Å²) in [6, 6.07) is 32.7. The summed E-state index contributed by atoms with van der Waals surface area (Å²) in [6.45, 7) is 9.23. The van der Waals surface area contributed by atoms with Gasteiger partial charge in [0.05, 0.1) is 18.8 Å². The number of amides is 2. The van der Waals surface area contributed by atoms with E-state index in [1.165, 1.54) is 19.3 Å². The van der Waals surface area contributed by atoms with Crippen LogP contribution in [0.3, 0.4) is 0 Å². The molecule has 2 bridgehead atoms. The Morgan fingerprint density at radius 2 is 1.57 bits per heavy atom. The Labute approximate surface area is 289 Å². The first-order chi connectivity index (χ1) is 23.6. The van der Waals surface area contributed by atoms with Gasteiger partial charge in [0.1, 0.15) is 11.5 Å². The van der Waals surface area contributed by atoms with E-state index in [0.29, 0.717) is 34.0 Å². The fourth-order valence-corrected chi connectivity index (χ4v) is 8.37. The van der Waals surface area contributed by atoms with Crippen LogP contribution in [0.1, 0.15) is 75.5 Å². The van der Waals surface area contributed by atoms with Crippen LogP contribution in [0.5, 0.6) is 11.5 Å². The van der Waals surface area contributed by atoms with E-state index in [1.54, 1.807) is 12.1 Å². The fourth-order valence-electron chi connectivity index (χ4n) is 8.37. The highest BCUT2D eigenvalue weighted by molar-refractivity contribution is 5.99. The number of likely N-dealkylation sites (tertiary alicyclic amines) is 1. The first-order valence-corrected chi connectivity index (χ1v) is 17.4. The van der Waals surface area contributed by atoms with Gasteiger partial charge in [-0.25, -0.2) is 4.79 Å². The van der Waals surface area contributed by atoms with Crippen LogP contribution in [0.4, 0.5) is 16.2 Å². The van der Waals surface area contributed by atoms with E-state index in [9.17, 15) is 9.90 Å². The zero-order valence-electron chi connectivity index (χ0n) is 28.6. The summed E-state index contributed by atoms with van der Waals surface area (Å²) in [5, 5.41) is 15.5. The van der Waals surface area contributed by atoms with Crippen molar-refractivity contribution in [3.63, 3.8) is 0 Å². The Hall–Kier alpha value is -4.21. The normalized spacial score (nSPS) is 26.2. The topological polar surface area (TPSA) is 92.3 Å². The SMILES string of the molecule is CC1(C)CC2CC(C)(CN2C[C@@H]2C[C@H](c3ccc(CO)cc3)O[C@H](c3cccc(NC(=O)Nc4ccc(Oc5ccccc5)cc4)c3)O2)C1. The van der Waals surface area contributed by atoms with Crippen molar-refractivity contribution in [3.8, 4) is 11.5 Å². The van der Waals surface area contributed by atoms with Gasteiger partial charge in [-0.3, -0.25) is 4.90 Å². The number of aliphatic hydroxyl groups is 1. The van der Waals surface area contributed by atoms with E-state index in [-0.39, 0.29) is 24.8 Å². The zero-order valence-corrected chi connectivity index (χ0v) is 28.6. The lowest BCUT2D eigenvalue weighted by Crippen LogP contribution is -2.42. The summed E-state index contributed by atoms with van der Waals surface area (Å²) in [5.74, 6) is 1.44. The molecule has 4 aromatic rings. The number of urea groups is 1. The Morgan fingerprint density at radius 1 is 0.837 bits per heavy atom. The molecule has 49 heavy (non-hydrogen) atoms. The lowest BCUT2D eigenvalue weighted by atomic mass is 9.65. The van der Waals surface area contributed by atoms with Gasteiger partial charge in [0.2, 0.25) is 0 Å². The number of rotatable bonds is 9. The van der Waals surface area contributed by atoms with Crippen molar-refractivity contribution < 1.29 is 24.1 Å². The first-order valence-electron chi connectivity index (χ1n) is 17.4. The number of benzene rings is 4. The van der Waals surface area contributed by atoms with Crippen molar-refractivity contribution in [2.24, 2.45) is 10.8 Å². The predicted octanol–water partition coefficient (Wildman–Crippen LogP) is 9.06. The summed E-state index contributed by atoms with van der Waals surface area (Å²) in [5.41, 5.74) is 4.76. The third kappa shape index (κ3) is 8.16. The minimum atomic E-state index is -0.600. The molecule has 1 aliphatic carbocycles. The van der Waals surface area contributed by atoms with Crippen LogP contribution < -0.4 is 15.4 Å². The van der Waals surface area contributed by atoms with Crippen molar-refractivity contribution in [2.75, 3.05) is 23.7 Å². The van der Waals surface area contributed by atoms with Crippen LogP contribution in [0.15, 0.2) is 103 Å². The Bertz CT molecular complexity index is 1730. The molecule has 2 heterocycles. The second kappa shape index (κ2) is 14.0. The molecule has 256 valence electrons. The van der Waals surface area contributed by atoms with Gasteiger partial charge in [0, 0.05) is 42.5 Å². The molecular formula is C41H47N3O5. The van der Waals surface area contributed by atoms with Crippen LogP contribution in [0, 0.1) is 10.8 Å². The van der Waals surface area contributed by atoms with Crippen molar-refractivity contribution in [1.82, 2.24) is 4.90 Å². The highest BCUT2D eigenvalue weighted by Gasteiger charge is 2.50. The van der Waals surface area contributed by atoms with Gasteiger partial charge in [-0.15, -0.1) is 0 Å². The summed E-state index contributed by atoms with van der Waals surface area (Å²) < 4.78 is 19.2. The Balaban J connectivity index is 1.03. The average molecular weight is 662 g/mol. The van der Waals surface area contributed by atoms with Gasteiger partial charge in [-0.2, -0.15) is 0 Å². The number of hydrogen-bond donors (Lipinski definition) is 3. The standard InChI is InChI=1S/C41H47N3O5/c1-40(2)22-33-23-41(3,26-40)27-44(33)24-36-21-37(29-14-12-28(25-45)13-15-29)49-38(48-36)30-8-7-9-32(20-30)43-39(46)42-31-16-18-35(19-17-31)47-34-10-5-4-6-11-34/h4-20,33,36-38,45H,21-27H2,1-3H3,(H2,42,43,46)/t33?,36-,37+,38+,41?/m0/s1. The third-order valence-electron chi connectivity index (χ3n) is 10.1. The second-order valence-electron chi connectivity index (χ2n) is 15.1. The van der Waals surface area contributed by atoms with Crippen molar-refractivity contribution in [3.05, 3.63) is 120 Å². The molecule has 8 heteroatoms. The van der Waals surface area contributed by atoms with Crippen LogP contribution in [0.25, 0.3) is 0 Å². The number of hydrogen-bond acceptors (Lipinski definition) is 6. The van der Waals surface area contributed by atoms with Crippen molar-refractivity contribution >= 4 is 17.4 Å². The minimum Gasteiger partial charge on any atom is -0.457 e. The first kappa shape index (κ1) is 33.3. The van der Waals surface area contributed by atoms with E-state index >= 15 is 0 Å². The van der Waals surface area contributed by atoms with Gasteiger partial charge in [0.25, 0.3) is 0 Å². The summed E-state index contributed by atoms with van der Waals surface area (Å²) in [6.07, 6.45) is 3.66. The number of carbonyl (C=O) groups excluding carboxylic acids is 1. The van der Waals surface area contributed by atoms with Gasteiger partial charge in [0.15, 0.2) is 6.29 Å². The number of aliphatic hydroxyl groups excluding tert-OH is 1. The maximum Gasteiger partial charge on any atom is 0.323 e. The van der Waals surface area contributed by atoms with Gasteiger partial charge in [-0.05, 0) is 89.8 Å². The summed E-state index contributed by atoms with van der Waals surface area (Å²) in [4.78, 5) is 15.7. The van der Waals surface area contributed by atoms with Crippen LogP contribution in [-0.2, 0) is 16.1 Å². The highest BCUT2D eigenvalue weighted by atomic mass is 16.7. The molecule has 3 N–H and O–H groups in total. The number of carbonyl (C=O) groups is 1. The van der Waals surface area contributed by atoms with Gasteiger partial charge < -0.3 is 30.0 Å². The molecule has 2 amide bonds. The largest absolute Gasteiger partial charge is 0.457 e. The van der Waals surface area contributed by atoms with E-state index in [2.05, 4.69) is 36.3 Å². The number of fused-ring (bicyclic) bond motifs is 2. The lowest BCUT2D eigenvalue weighted by Gasteiger charge is -2.41. The van der Waals surface area contributed by atoms with Gasteiger partial charge >= 0.3 is 6.03 Å². The molecule has 0 aromatic heterocycles. The second-order valence-corrected chi connectivity index (χ2v) is 15.1. The van der Waals surface area contributed by atoms with Crippen LogP contribution >= 0.6 is 0 Å². The predicted molar refractivity (Wildman–Crippen MR) is 192 cm³/mol. The van der Waals surface area contributed by atoms with Gasteiger partial charge in [-0.1, -0.05) is 75.4 Å². The number of anilines is 2. The maximum atomic E-state index is 13.0. The van der Waals surface area contributed by atoms with E-state index in [4.69, 9.17) is 14.2 Å². The Morgan fingerprint density at radius 3 is 2.33 bits per heavy atom. The van der Waals surface area contributed by atoms with Crippen LogP contribution in [-0.4, -0.2) is 41.3 Å². The molecule has 2 saturated heterocycles. The average Bonchev–Trinajstić information content (AvgIpc) is 3.32. The molecule has 3 aliphatic rings. The zero-order chi connectivity index (χ0) is 34.0. The molecule has 8 nitrogen and oxygen atoms in total. The smallest absolute Gasteiger partial charge is 0.323 e. The molecule has 4 aromatic carbocycles. The van der Waals surface area contributed by atoms with E-state index in [0.717, 1.165) is 42.0 Å². The monoisotopic (exact) mass is 661 g/mol. The lowest BCUT2D eigenvalue weighted by molar-refractivity contribution is -0.253. The van der Waals surface area contributed by atoms with Crippen molar-refractivity contribution in [2.45, 2.75) is 77.6 Å². The summed E-state index contributed by atoms with van der Waals surface area (Å²) >= 11 is 0.